The molecule has 1 atom stereocenters. The van der Waals surface area contributed by atoms with Gasteiger partial charge in [-0.05, 0) is 54.2 Å². The summed E-state index contributed by atoms with van der Waals surface area (Å²) in [6.45, 7) is 0.939. The van der Waals surface area contributed by atoms with E-state index in [4.69, 9.17) is 11.2 Å². The number of nitrogens with zero attached hydrogens (tertiary/aromatic N) is 1. The number of nitro benzene ring substituents is 1. The molecule has 2 aromatic carbocycles. The van der Waals surface area contributed by atoms with E-state index in [9.17, 15) is 10.1 Å². The molecule has 0 aromatic heterocycles. The lowest BCUT2D eigenvalue weighted by molar-refractivity contribution is -0.384. The van der Waals surface area contributed by atoms with E-state index in [2.05, 4.69) is 17.3 Å². The summed E-state index contributed by atoms with van der Waals surface area (Å²) in [5.41, 5.74) is 3.47. The molecule has 25 heavy (non-hydrogen) atoms. The highest BCUT2D eigenvalue weighted by molar-refractivity contribution is 5.44. The zero-order valence-corrected chi connectivity index (χ0v) is 13.9. The first-order chi connectivity index (χ1) is 12.2. The Hall–Kier alpha value is -2.84. The highest BCUT2D eigenvalue weighted by atomic mass is 16.6. The van der Waals surface area contributed by atoms with Gasteiger partial charge in [-0.1, -0.05) is 18.1 Å². The Labute approximate surface area is 147 Å². The SMILES string of the molecule is C#CCNC1CCCc2c(OCc3ccc([N+](=O)[O-])cc3)cccc21. The quantitative estimate of drug-likeness (QED) is 0.495. The fraction of sp³-hybridized carbons (Fsp3) is 0.300. The van der Waals surface area contributed by atoms with Crippen molar-refractivity contribution >= 4 is 5.69 Å². The monoisotopic (exact) mass is 336 g/mol. The summed E-state index contributed by atoms with van der Waals surface area (Å²) < 4.78 is 6.01. The minimum atomic E-state index is -0.401. The average molecular weight is 336 g/mol. The number of hydrogen-bond acceptors (Lipinski definition) is 4. The summed E-state index contributed by atoms with van der Waals surface area (Å²) in [7, 11) is 0. The van der Waals surface area contributed by atoms with Crippen LogP contribution in [0, 0.1) is 22.5 Å². The molecule has 0 bridgehead atoms. The van der Waals surface area contributed by atoms with Crippen molar-refractivity contribution in [3.63, 3.8) is 0 Å². The first kappa shape index (κ1) is 17.0. The van der Waals surface area contributed by atoms with Crippen molar-refractivity contribution in [3.05, 3.63) is 69.3 Å². The molecule has 1 aliphatic rings. The summed E-state index contributed by atoms with van der Waals surface area (Å²) in [4.78, 5) is 10.3. The van der Waals surface area contributed by atoms with Gasteiger partial charge in [0.25, 0.3) is 5.69 Å². The van der Waals surface area contributed by atoms with Crippen molar-refractivity contribution in [2.24, 2.45) is 0 Å². The van der Waals surface area contributed by atoms with Gasteiger partial charge in [0.15, 0.2) is 0 Å². The molecule has 128 valence electrons. The Morgan fingerprint density at radius 2 is 2.08 bits per heavy atom. The van der Waals surface area contributed by atoms with Gasteiger partial charge in [0.05, 0.1) is 11.5 Å². The highest BCUT2D eigenvalue weighted by Crippen LogP contribution is 2.35. The van der Waals surface area contributed by atoms with E-state index in [1.165, 1.54) is 23.3 Å². The van der Waals surface area contributed by atoms with Crippen LogP contribution in [0.15, 0.2) is 42.5 Å². The number of ether oxygens (including phenoxy) is 1. The van der Waals surface area contributed by atoms with E-state index in [1.54, 1.807) is 12.1 Å². The Balaban J connectivity index is 1.73. The molecule has 0 saturated carbocycles. The molecule has 0 aliphatic heterocycles. The summed E-state index contributed by atoms with van der Waals surface area (Å²) >= 11 is 0. The highest BCUT2D eigenvalue weighted by Gasteiger charge is 2.22. The molecule has 1 aliphatic carbocycles. The van der Waals surface area contributed by atoms with Crippen LogP contribution in [0.4, 0.5) is 5.69 Å². The van der Waals surface area contributed by atoms with Crippen LogP contribution in [-0.4, -0.2) is 11.5 Å². The second kappa shape index (κ2) is 7.82. The second-order valence-corrected chi connectivity index (χ2v) is 6.07. The van der Waals surface area contributed by atoms with Gasteiger partial charge in [-0.25, -0.2) is 0 Å². The number of non-ortho nitro benzene ring substituents is 1. The van der Waals surface area contributed by atoms with Crippen molar-refractivity contribution in [1.82, 2.24) is 5.32 Å². The van der Waals surface area contributed by atoms with Gasteiger partial charge in [-0.2, -0.15) is 0 Å². The van der Waals surface area contributed by atoms with Gasteiger partial charge >= 0.3 is 0 Å². The minimum Gasteiger partial charge on any atom is -0.489 e. The number of rotatable bonds is 6. The maximum atomic E-state index is 10.7. The van der Waals surface area contributed by atoms with Crippen LogP contribution in [0.3, 0.4) is 0 Å². The second-order valence-electron chi connectivity index (χ2n) is 6.07. The van der Waals surface area contributed by atoms with Gasteiger partial charge in [0, 0.05) is 18.2 Å². The van der Waals surface area contributed by atoms with Crippen molar-refractivity contribution < 1.29 is 9.66 Å². The lowest BCUT2D eigenvalue weighted by atomic mass is 9.87. The third-order valence-electron chi connectivity index (χ3n) is 4.46. The van der Waals surface area contributed by atoms with Crippen molar-refractivity contribution in [3.8, 4) is 18.1 Å². The summed E-state index contributed by atoms with van der Waals surface area (Å²) in [6.07, 6.45) is 8.50. The molecule has 2 aromatic rings. The maximum absolute atomic E-state index is 10.7. The zero-order valence-electron chi connectivity index (χ0n) is 13.9. The Bertz CT molecular complexity index is 794. The van der Waals surface area contributed by atoms with Crippen molar-refractivity contribution in [1.29, 1.82) is 0 Å². The topological polar surface area (TPSA) is 64.4 Å². The summed E-state index contributed by atoms with van der Waals surface area (Å²) in [5.74, 6) is 3.51. The molecule has 1 N–H and O–H groups in total. The number of hydrogen-bond donors (Lipinski definition) is 1. The number of nitro groups is 1. The molecule has 3 rings (SSSR count). The predicted octanol–water partition coefficient (Wildman–Crippen LogP) is 3.77. The number of nitrogens with one attached hydrogen (secondary N) is 1. The fourth-order valence-corrected chi connectivity index (χ4v) is 3.22. The van der Waals surface area contributed by atoms with Crippen LogP contribution in [0.5, 0.6) is 5.75 Å². The lowest BCUT2D eigenvalue weighted by Gasteiger charge is -2.27. The van der Waals surface area contributed by atoms with Crippen molar-refractivity contribution in [2.45, 2.75) is 31.9 Å². The van der Waals surface area contributed by atoms with Gasteiger partial charge in [-0.15, -0.1) is 6.42 Å². The molecule has 0 saturated heterocycles. The van der Waals surface area contributed by atoms with Crippen LogP contribution in [0.25, 0.3) is 0 Å². The molecular weight excluding hydrogens is 316 g/mol. The van der Waals surface area contributed by atoms with E-state index in [0.29, 0.717) is 13.2 Å². The number of benzene rings is 2. The molecule has 0 fully saturated rings. The van der Waals surface area contributed by atoms with Crippen LogP contribution < -0.4 is 10.1 Å². The third-order valence-corrected chi connectivity index (χ3v) is 4.46. The van der Waals surface area contributed by atoms with Crippen LogP contribution >= 0.6 is 0 Å². The first-order valence-electron chi connectivity index (χ1n) is 8.34. The lowest BCUT2D eigenvalue weighted by Crippen LogP contribution is -2.25. The molecule has 5 nitrogen and oxygen atoms in total. The molecule has 1 unspecified atom stereocenters. The third kappa shape index (κ3) is 3.98. The Morgan fingerprint density at radius 3 is 2.80 bits per heavy atom. The first-order valence-corrected chi connectivity index (χ1v) is 8.34. The Kier molecular flexibility index (Phi) is 5.32. The average Bonchev–Trinajstić information content (AvgIpc) is 2.65. The van der Waals surface area contributed by atoms with Gasteiger partial charge in [-0.3, -0.25) is 15.4 Å². The van der Waals surface area contributed by atoms with E-state index >= 15 is 0 Å². The van der Waals surface area contributed by atoms with Crippen LogP contribution in [-0.2, 0) is 13.0 Å². The standard InChI is InChI=1S/C20H20N2O3/c1-2-13-21-19-7-3-6-18-17(19)5-4-8-20(18)25-14-15-9-11-16(12-10-15)22(23)24/h1,4-5,8-12,19,21H,3,6-7,13-14H2. The molecule has 0 heterocycles. The van der Waals surface area contributed by atoms with E-state index in [-0.39, 0.29) is 11.7 Å². The molecular formula is C20H20N2O3. The summed E-state index contributed by atoms with van der Waals surface area (Å²) in [6, 6.07) is 12.8. The molecule has 0 spiro atoms. The van der Waals surface area contributed by atoms with E-state index < -0.39 is 4.92 Å². The Morgan fingerprint density at radius 1 is 1.28 bits per heavy atom. The van der Waals surface area contributed by atoms with Crippen LogP contribution in [0.1, 0.15) is 35.6 Å². The van der Waals surface area contributed by atoms with Crippen LogP contribution in [0.2, 0.25) is 0 Å². The fourth-order valence-electron chi connectivity index (χ4n) is 3.22. The maximum Gasteiger partial charge on any atom is 0.269 e. The van der Waals surface area contributed by atoms with Gasteiger partial charge < -0.3 is 4.74 Å². The zero-order chi connectivity index (χ0) is 17.6. The predicted molar refractivity (Wildman–Crippen MR) is 96.4 cm³/mol. The normalized spacial score (nSPS) is 15.9. The van der Waals surface area contributed by atoms with E-state index in [1.807, 2.05) is 12.1 Å². The van der Waals surface area contributed by atoms with E-state index in [0.717, 1.165) is 30.6 Å². The molecule has 0 radical (unpaired) electrons. The summed E-state index contributed by atoms with van der Waals surface area (Å²) in [5, 5.41) is 14.1. The number of terminal acetylenes is 1. The minimum absolute atomic E-state index is 0.0864. The molecule has 5 heteroatoms. The smallest absolute Gasteiger partial charge is 0.269 e. The van der Waals surface area contributed by atoms with Gasteiger partial charge in [0.1, 0.15) is 12.4 Å². The number of fused-ring (bicyclic) bond motifs is 1. The largest absolute Gasteiger partial charge is 0.489 e. The van der Waals surface area contributed by atoms with Gasteiger partial charge in [0.2, 0.25) is 0 Å². The molecule has 0 amide bonds. The van der Waals surface area contributed by atoms with Crippen molar-refractivity contribution in [2.75, 3.05) is 6.54 Å².